The van der Waals surface area contributed by atoms with Crippen LogP contribution < -0.4 is 5.32 Å². The molecule has 1 unspecified atom stereocenters. The molecular weight excluding hydrogens is 360 g/mol. The van der Waals surface area contributed by atoms with Crippen molar-refractivity contribution >= 4 is 12.1 Å². The van der Waals surface area contributed by atoms with E-state index in [1.165, 1.54) is 0 Å². The number of amides is 1. The number of hydrogen-bond donors (Lipinski definition) is 3. The van der Waals surface area contributed by atoms with E-state index in [0.717, 1.165) is 0 Å². The maximum absolute atomic E-state index is 13.8. The molecule has 2 aromatic carbocycles. The van der Waals surface area contributed by atoms with Gasteiger partial charge in [0.15, 0.2) is 0 Å². The van der Waals surface area contributed by atoms with Crippen LogP contribution in [0.4, 0.5) is 13.6 Å². The van der Waals surface area contributed by atoms with Crippen molar-refractivity contribution < 1.29 is 33.3 Å². The second-order valence-electron chi connectivity index (χ2n) is 5.88. The molecular formula is C19H19F2NO5. The minimum atomic E-state index is -4.44. The molecule has 0 aliphatic heterocycles. The van der Waals surface area contributed by atoms with Crippen LogP contribution in [0.2, 0.25) is 0 Å². The number of carboxylic acids is 1. The van der Waals surface area contributed by atoms with Crippen molar-refractivity contribution in [1.29, 1.82) is 0 Å². The number of hydrogen-bond acceptors (Lipinski definition) is 4. The molecule has 0 spiro atoms. The zero-order valence-corrected chi connectivity index (χ0v) is 14.2. The number of aliphatic hydroxyl groups is 1. The van der Waals surface area contributed by atoms with E-state index < -0.39 is 30.1 Å². The van der Waals surface area contributed by atoms with Crippen LogP contribution in [0, 0.1) is 0 Å². The number of alkyl halides is 2. The average molecular weight is 379 g/mol. The predicted octanol–water partition coefficient (Wildman–Crippen LogP) is 2.60. The fraction of sp³-hybridized carbons (Fsp3) is 0.263. The lowest BCUT2D eigenvalue weighted by atomic mass is 9.97. The Morgan fingerprint density at radius 1 is 1.00 bits per heavy atom. The van der Waals surface area contributed by atoms with Gasteiger partial charge < -0.3 is 20.3 Å². The minimum Gasteiger partial charge on any atom is -0.477 e. The standard InChI is InChI=1S/C19H19F2NO5/c20-19(21,17(24)25)16(23)15(11-13-7-3-1-4-8-13)22-18(26)27-12-14-9-5-2-6-10-14/h1-10,15-16,23H,11-12H2,(H,22,26)(H,24,25)/t15-,16?/m0/s1. The van der Waals surface area contributed by atoms with Crippen LogP contribution in [0.3, 0.4) is 0 Å². The zero-order valence-electron chi connectivity index (χ0n) is 14.2. The molecule has 0 bridgehead atoms. The van der Waals surface area contributed by atoms with E-state index in [1.807, 2.05) is 0 Å². The monoisotopic (exact) mass is 379 g/mol. The van der Waals surface area contributed by atoms with Crippen LogP contribution in [0.25, 0.3) is 0 Å². The maximum Gasteiger partial charge on any atom is 0.407 e. The van der Waals surface area contributed by atoms with Crippen molar-refractivity contribution in [3.63, 3.8) is 0 Å². The number of carboxylic acid groups (broad SMARTS) is 1. The van der Waals surface area contributed by atoms with Gasteiger partial charge in [-0.25, -0.2) is 9.59 Å². The Labute approximate surface area is 154 Å². The van der Waals surface area contributed by atoms with Crippen molar-refractivity contribution in [2.45, 2.75) is 31.1 Å². The first kappa shape index (κ1) is 20.3. The van der Waals surface area contributed by atoms with Gasteiger partial charge in [-0.05, 0) is 17.5 Å². The van der Waals surface area contributed by atoms with Crippen molar-refractivity contribution in [2.75, 3.05) is 0 Å². The first-order valence-corrected chi connectivity index (χ1v) is 8.11. The number of aliphatic carboxylic acids is 1. The molecule has 1 amide bonds. The molecule has 144 valence electrons. The van der Waals surface area contributed by atoms with Gasteiger partial charge in [0.05, 0.1) is 6.04 Å². The molecule has 0 aliphatic carbocycles. The normalized spacial score (nSPS) is 13.4. The largest absolute Gasteiger partial charge is 0.477 e. The van der Waals surface area contributed by atoms with Gasteiger partial charge in [0.25, 0.3) is 0 Å². The van der Waals surface area contributed by atoms with Crippen LogP contribution >= 0.6 is 0 Å². The average Bonchev–Trinajstić information content (AvgIpc) is 2.66. The second kappa shape index (κ2) is 9.09. The van der Waals surface area contributed by atoms with E-state index in [4.69, 9.17) is 9.84 Å². The van der Waals surface area contributed by atoms with E-state index in [9.17, 15) is 23.5 Å². The Morgan fingerprint density at radius 2 is 1.52 bits per heavy atom. The molecule has 0 saturated heterocycles. The van der Waals surface area contributed by atoms with Gasteiger partial charge in [-0.3, -0.25) is 0 Å². The topological polar surface area (TPSA) is 95.9 Å². The number of aliphatic hydroxyl groups excluding tert-OH is 1. The summed E-state index contributed by atoms with van der Waals surface area (Å²) < 4.78 is 32.5. The molecule has 0 saturated carbocycles. The highest BCUT2D eigenvalue weighted by Gasteiger charge is 2.50. The number of alkyl carbamates (subject to hydrolysis) is 1. The Bertz CT molecular complexity index is 755. The van der Waals surface area contributed by atoms with Gasteiger partial charge in [0.1, 0.15) is 12.7 Å². The fourth-order valence-electron chi connectivity index (χ4n) is 2.40. The van der Waals surface area contributed by atoms with Crippen molar-refractivity contribution in [1.82, 2.24) is 5.32 Å². The number of carbonyl (C=O) groups excluding carboxylic acids is 1. The second-order valence-corrected chi connectivity index (χ2v) is 5.88. The Kier molecular flexibility index (Phi) is 6.84. The summed E-state index contributed by atoms with van der Waals surface area (Å²) in [5.74, 6) is -6.92. The summed E-state index contributed by atoms with van der Waals surface area (Å²) in [4.78, 5) is 22.7. The predicted molar refractivity (Wildman–Crippen MR) is 92.3 cm³/mol. The third-order valence-corrected chi connectivity index (χ3v) is 3.85. The van der Waals surface area contributed by atoms with E-state index in [2.05, 4.69) is 5.32 Å². The van der Waals surface area contributed by atoms with Gasteiger partial charge in [-0.15, -0.1) is 0 Å². The minimum absolute atomic E-state index is 0.101. The van der Waals surface area contributed by atoms with Crippen molar-refractivity contribution in [3.05, 3.63) is 71.8 Å². The molecule has 2 aromatic rings. The highest BCUT2D eigenvalue weighted by molar-refractivity contribution is 5.76. The number of rotatable bonds is 8. The summed E-state index contributed by atoms with van der Waals surface area (Å²) in [6.07, 6.45) is -3.88. The van der Waals surface area contributed by atoms with E-state index in [1.54, 1.807) is 60.7 Å². The number of nitrogens with one attached hydrogen (secondary N) is 1. The first-order valence-electron chi connectivity index (χ1n) is 8.11. The lowest BCUT2D eigenvalue weighted by Crippen LogP contribution is -2.55. The summed E-state index contributed by atoms with van der Waals surface area (Å²) in [6.45, 7) is -0.101. The summed E-state index contributed by atoms with van der Waals surface area (Å²) in [6, 6.07) is 15.4. The number of halogens is 2. The van der Waals surface area contributed by atoms with Crippen molar-refractivity contribution in [2.24, 2.45) is 0 Å². The highest BCUT2D eigenvalue weighted by Crippen LogP contribution is 2.23. The molecule has 27 heavy (non-hydrogen) atoms. The lowest BCUT2D eigenvalue weighted by Gasteiger charge is -2.27. The Morgan fingerprint density at radius 3 is 2.04 bits per heavy atom. The Balaban J connectivity index is 2.08. The highest BCUT2D eigenvalue weighted by atomic mass is 19.3. The Hall–Kier alpha value is -3.00. The SMILES string of the molecule is O=C(N[C@@H](Cc1ccccc1)C(O)C(F)(F)C(=O)O)OCc1ccccc1. The molecule has 0 heterocycles. The van der Waals surface area contributed by atoms with Crippen molar-refractivity contribution in [3.8, 4) is 0 Å². The molecule has 3 N–H and O–H groups in total. The van der Waals surface area contributed by atoms with E-state index in [-0.39, 0.29) is 13.0 Å². The van der Waals surface area contributed by atoms with Gasteiger partial charge in [0, 0.05) is 0 Å². The lowest BCUT2D eigenvalue weighted by molar-refractivity contribution is -0.185. The first-order chi connectivity index (χ1) is 12.8. The summed E-state index contributed by atoms with van der Waals surface area (Å²) in [5, 5.41) is 20.7. The van der Waals surface area contributed by atoms with Gasteiger partial charge >= 0.3 is 18.0 Å². The summed E-state index contributed by atoms with van der Waals surface area (Å²) in [7, 11) is 0. The zero-order chi connectivity index (χ0) is 19.9. The third-order valence-electron chi connectivity index (χ3n) is 3.85. The number of benzene rings is 2. The molecule has 0 aromatic heterocycles. The molecule has 6 nitrogen and oxygen atoms in total. The van der Waals surface area contributed by atoms with E-state index in [0.29, 0.717) is 11.1 Å². The molecule has 0 aliphatic rings. The molecule has 2 rings (SSSR count). The van der Waals surface area contributed by atoms with Gasteiger partial charge in [-0.2, -0.15) is 8.78 Å². The van der Waals surface area contributed by atoms with Gasteiger partial charge in [0.2, 0.25) is 0 Å². The van der Waals surface area contributed by atoms with Crippen LogP contribution in [-0.2, 0) is 22.6 Å². The molecule has 0 radical (unpaired) electrons. The van der Waals surface area contributed by atoms with Crippen LogP contribution in [0.1, 0.15) is 11.1 Å². The smallest absolute Gasteiger partial charge is 0.407 e. The number of carbonyl (C=O) groups is 2. The van der Waals surface area contributed by atoms with Crippen LogP contribution in [0.15, 0.2) is 60.7 Å². The maximum atomic E-state index is 13.8. The summed E-state index contributed by atoms with van der Waals surface area (Å²) in [5.41, 5.74) is 1.22. The summed E-state index contributed by atoms with van der Waals surface area (Å²) >= 11 is 0. The van der Waals surface area contributed by atoms with Crippen LogP contribution in [0.5, 0.6) is 0 Å². The molecule has 0 fully saturated rings. The third kappa shape index (κ3) is 5.75. The van der Waals surface area contributed by atoms with Gasteiger partial charge in [-0.1, -0.05) is 60.7 Å². The molecule has 2 atom stereocenters. The van der Waals surface area contributed by atoms with Crippen LogP contribution in [-0.4, -0.2) is 40.3 Å². The molecule has 8 heteroatoms. The van der Waals surface area contributed by atoms with E-state index >= 15 is 0 Å². The number of ether oxygens (including phenoxy) is 1. The quantitative estimate of drug-likeness (QED) is 0.655. The fourth-order valence-corrected chi connectivity index (χ4v) is 2.40.